The van der Waals surface area contributed by atoms with Crippen molar-refractivity contribution in [3.8, 4) is 5.75 Å². The van der Waals surface area contributed by atoms with Crippen LogP contribution in [0.5, 0.6) is 5.75 Å². The molecule has 4 amide bonds. The Morgan fingerprint density at radius 2 is 1.84 bits per heavy atom. The van der Waals surface area contributed by atoms with Crippen LogP contribution in [0.15, 0.2) is 54.6 Å². The number of fused-ring (bicyclic) bond motifs is 3. The molecule has 2 aliphatic heterocycles. The van der Waals surface area contributed by atoms with Gasteiger partial charge < -0.3 is 29.5 Å². The monoisotopic (exact) mass is 508 g/mol. The van der Waals surface area contributed by atoms with Gasteiger partial charge in [0.2, 0.25) is 11.8 Å². The lowest BCUT2D eigenvalue weighted by Gasteiger charge is -2.30. The van der Waals surface area contributed by atoms with E-state index in [4.69, 9.17) is 9.47 Å². The molecule has 0 unspecified atom stereocenters. The first-order valence-corrected chi connectivity index (χ1v) is 12.3. The normalized spacial score (nSPS) is 21.0. The van der Waals surface area contributed by atoms with Crippen molar-refractivity contribution in [1.29, 1.82) is 0 Å². The molecule has 0 saturated carbocycles. The highest BCUT2D eigenvalue weighted by Crippen LogP contribution is 2.21. The lowest BCUT2D eigenvalue weighted by atomic mass is 10.1. The SMILES string of the molecule is CN1C[C@@H](NC(=O)OCc2ccccc2)C(=O)N(C)CC(=O)N2CCC[C@H]2COc2cccc(c2)C1=O. The van der Waals surface area contributed by atoms with Crippen molar-refractivity contribution in [2.45, 2.75) is 31.5 Å². The van der Waals surface area contributed by atoms with Gasteiger partial charge in [-0.15, -0.1) is 0 Å². The predicted molar refractivity (Wildman–Crippen MR) is 135 cm³/mol. The molecule has 2 heterocycles. The molecular formula is C27H32N4O6. The first-order chi connectivity index (χ1) is 17.8. The van der Waals surface area contributed by atoms with Gasteiger partial charge in [0.05, 0.1) is 19.1 Å². The second kappa shape index (κ2) is 11.8. The Bertz CT molecular complexity index is 1140. The van der Waals surface area contributed by atoms with Gasteiger partial charge in [0.1, 0.15) is 25.0 Å². The average molecular weight is 509 g/mol. The fourth-order valence-corrected chi connectivity index (χ4v) is 4.56. The number of hydrogen-bond donors (Lipinski definition) is 1. The van der Waals surface area contributed by atoms with Crippen LogP contribution in [0.2, 0.25) is 0 Å². The number of carbonyl (C=O) groups excluding carboxylic acids is 4. The summed E-state index contributed by atoms with van der Waals surface area (Å²) in [7, 11) is 3.06. The number of ether oxygens (including phenoxy) is 2. The number of alkyl carbamates (subject to hydrolysis) is 1. The van der Waals surface area contributed by atoms with E-state index in [2.05, 4.69) is 5.32 Å². The zero-order chi connectivity index (χ0) is 26.4. The lowest BCUT2D eigenvalue weighted by molar-refractivity contribution is -0.141. The van der Waals surface area contributed by atoms with Gasteiger partial charge in [-0.1, -0.05) is 36.4 Å². The maximum Gasteiger partial charge on any atom is 0.408 e. The largest absolute Gasteiger partial charge is 0.491 e. The van der Waals surface area contributed by atoms with E-state index in [1.54, 1.807) is 36.2 Å². The number of benzene rings is 2. The van der Waals surface area contributed by atoms with Gasteiger partial charge in [-0.25, -0.2) is 4.79 Å². The molecule has 0 aliphatic carbocycles. The Labute approximate surface area is 216 Å². The van der Waals surface area contributed by atoms with E-state index in [-0.39, 0.29) is 37.6 Å². The van der Waals surface area contributed by atoms with Gasteiger partial charge in [-0.3, -0.25) is 14.4 Å². The highest BCUT2D eigenvalue weighted by molar-refractivity contribution is 5.95. The molecule has 1 saturated heterocycles. The van der Waals surface area contributed by atoms with E-state index < -0.39 is 18.0 Å². The molecule has 37 heavy (non-hydrogen) atoms. The smallest absolute Gasteiger partial charge is 0.408 e. The number of rotatable bonds is 3. The van der Waals surface area contributed by atoms with Crippen LogP contribution < -0.4 is 10.1 Å². The summed E-state index contributed by atoms with van der Waals surface area (Å²) in [4.78, 5) is 56.6. The van der Waals surface area contributed by atoms with Crippen molar-refractivity contribution in [3.63, 3.8) is 0 Å². The van der Waals surface area contributed by atoms with Crippen LogP contribution in [0.4, 0.5) is 4.79 Å². The number of amides is 4. The van der Waals surface area contributed by atoms with Gasteiger partial charge in [-0.05, 0) is 36.6 Å². The van der Waals surface area contributed by atoms with E-state index in [1.165, 1.54) is 16.8 Å². The summed E-state index contributed by atoms with van der Waals surface area (Å²) < 4.78 is 11.2. The summed E-state index contributed by atoms with van der Waals surface area (Å²) in [6, 6.07) is 14.7. The fraction of sp³-hybridized carbons (Fsp3) is 0.407. The van der Waals surface area contributed by atoms with Gasteiger partial charge in [0.15, 0.2) is 0 Å². The minimum Gasteiger partial charge on any atom is -0.491 e. The van der Waals surface area contributed by atoms with Crippen molar-refractivity contribution in [1.82, 2.24) is 20.0 Å². The molecule has 2 bridgehead atoms. The van der Waals surface area contributed by atoms with Crippen molar-refractivity contribution in [3.05, 3.63) is 65.7 Å². The summed E-state index contributed by atoms with van der Waals surface area (Å²) >= 11 is 0. The molecule has 0 aromatic heterocycles. The van der Waals surface area contributed by atoms with Crippen molar-refractivity contribution >= 4 is 23.8 Å². The van der Waals surface area contributed by atoms with Crippen molar-refractivity contribution < 1.29 is 28.7 Å². The van der Waals surface area contributed by atoms with Crippen molar-refractivity contribution in [2.24, 2.45) is 0 Å². The quantitative estimate of drug-likeness (QED) is 0.679. The molecule has 2 atom stereocenters. The topological polar surface area (TPSA) is 108 Å². The van der Waals surface area contributed by atoms with Gasteiger partial charge >= 0.3 is 6.09 Å². The summed E-state index contributed by atoms with van der Waals surface area (Å²) in [6.45, 7) is 0.643. The van der Waals surface area contributed by atoms with Crippen LogP contribution in [0.1, 0.15) is 28.8 Å². The predicted octanol–water partition coefficient (Wildman–Crippen LogP) is 1.90. The molecule has 4 rings (SSSR count). The number of likely N-dealkylation sites (N-methyl/N-ethyl adjacent to an activating group) is 2. The molecule has 2 aromatic rings. The molecule has 10 nitrogen and oxygen atoms in total. The van der Waals surface area contributed by atoms with E-state index in [1.807, 2.05) is 30.3 Å². The molecule has 1 fully saturated rings. The minimum atomic E-state index is -1.12. The fourth-order valence-electron chi connectivity index (χ4n) is 4.56. The third-order valence-electron chi connectivity index (χ3n) is 6.58. The zero-order valence-electron chi connectivity index (χ0n) is 21.1. The number of nitrogens with one attached hydrogen (secondary N) is 1. The molecule has 0 spiro atoms. The summed E-state index contributed by atoms with van der Waals surface area (Å²) in [6.07, 6.45) is 0.844. The van der Waals surface area contributed by atoms with Crippen LogP contribution in [-0.4, -0.2) is 90.9 Å². The lowest BCUT2D eigenvalue weighted by Crippen LogP contribution is -2.55. The van der Waals surface area contributed by atoms with Gasteiger partial charge in [-0.2, -0.15) is 0 Å². The van der Waals surface area contributed by atoms with Crippen LogP contribution in [0, 0.1) is 0 Å². The van der Waals surface area contributed by atoms with E-state index in [9.17, 15) is 19.2 Å². The first kappa shape index (κ1) is 26.0. The highest BCUT2D eigenvalue weighted by Gasteiger charge is 2.33. The highest BCUT2D eigenvalue weighted by atomic mass is 16.5. The van der Waals surface area contributed by atoms with Crippen LogP contribution in [0.25, 0.3) is 0 Å². The molecule has 10 heteroatoms. The number of hydrogen-bond acceptors (Lipinski definition) is 6. The van der Waals surface area contributed by atoms with Crippen LogP contribution in [-0.2, 0) is 20.9 Å². The van der Waals surface area contributed by atoms with E-state index in [0.717, 1.165) is 18.4 Å². The number of carbonyl (C=O) groups is 4. The molecule has 1 N–H and O–H groups in total. The van der Waals surface area contributed by atoms with Crippen LogP contribution >= 0.6 is 0 Å². The Balaban J connectivity index is 1.55. The van der Waals surface area contributed by atoms with E-state index >= 15 is 0 Å². The third-order valence-corrected chi connectivity index (χ3v) is 6.58. The molecule has 2 aromatic carbocycles. The zero-order valence-corrected chi connectivity index (χ0v) is 21.1. The third kappa shape index (κ3) is 6.58. The Morgan fingerprint density at radius 3 is 2.62 bits per heavy atom. The standard InChI is InChI=1S/C27H32N4O6/c1-29-15-23(28-27(35)37-17-19-8-4-3-5-9-19)26(34)30(2)16-24(32)31-13-7-11-21(31)18-36-22-12-6-10-20(14-22)25(29)33/h3-6,8-10,12,14,21,23H,7,11,13,15-18H2,1-2H3,(H,28,35)/t21-,23+/m0/s1. The summed E-state index contributed by atoms with van der Waals surface area (Å²) in [5, 5.41) is 2.58. The second-order valence-corrected chi connectivity index (χ2v) is 9.36. The minimum absolute atomic E-state index is 0.0276. The van der Waals surface area contributed by atoms with E-state index in [0.29, 0.717) is 24.5 Å². The second-order valence-electron chi connectivity index (χ2n) is 9.36. The average Bonchev–Trinajstić information content (AvgIpc) is 3.38. The van der Waals surface area contributed by atoms with Gasteiger partial charge in [0, 0.05) is 26.2 Å². The molecular weight excluding hydrogens is 476 g/mol. The van der Waals surface area contributed by atoms with Gasteiger partial charge in [0.25, 0.3) is 5.91 Å². The van der Waals surface area contributed by atoms with Crippen LogP contribution in [0.3, 0.4) is 0 Å². The Morgan fingerprint density at radius 1 is 1.05 bits per heavy atom. The summed E-state index contributed by atoms with van der Waals surface area (Å²) in [5.74, 6) is -0.500. The number of nitrogens with zero attached hydrogens (tertiary/aromatic N) is 3. The maximum absolute atomic E-state index is 13.4. The molecule has 2 aliphatic rings. The molecule has 0 radical (unpaired) electrons. The Hall–Kier alpha value is -4.08. The maximum atomic E-state index is 13.4. The first-order valence-electron chi connectivity index (χ1n) is 12.3. The van der Waals surface area contributed by atoms with Crippen molar-refractivity contribution in [2.75, 3.05) is 40.3 Å². The molecule has 196 valence electrons. The summed E-state index contributed by atoms with van der Waals surface area (Å²) in [5.41, 5.74) is 1.18. The Kier molecular flexibility index (Phi) is 8.27.